The third-order valence-electron chi connectivity index (χ3n) is 3.12. The van der Waals surface area contributed by atoms with E-state index in [-0.39, 0.29) is 15.5 Å². The zero-order valence-corrected chi connectivity index (χ0v) is 14.1. The van der Waals surface area contributed by atoms with Gasteiger partial charge in [-0.15, -0.1) is 0 Å². The lowest BCUT2D eigenvalue weighted by Gasteiger charge is -2.25. The molecule has 0 atom stereocenters. The molecule has 1 aromatic carbocycles. The van der Waals surface area contributed by atoms with Crippen molar-refractivity contribution in [1.29, 1.82) is 0 Å². The smallest absolute Gasteiger partial charge is 0.243 e. The van der Waals surface area contributed by atoms with Crippen molar-refractivity contribution in [2.24, 2.45) is 5.84 Å². The highest BCUT2D eigenvalue weighted by molar-refractivity contribution is 7.91. The molecule has 0 unspecified atom stereocenters. The molecule has 120 valence electrons. The Kier molecular flexibility index (Phi) is 5.04. The summed E-state index contributed by atoms with van der Waals surface area (Å²) in [7, 11) is -7.43. The number of sulfone groups is 1. The Labute approximate surface area is 125 Å². The SMILES string of the molecule is CCC(C)(C)NS(=O)(=O)c1cc(S(C)(=O)=O)ccc1NN. The molecule has 0 saturated carbocycles. The molecular formula is C12H21N3O4S2. The zero-order chi connectivity index (χ0) is 16.5. The van der Waals surface area contributed by atoms with Crippen LogP contribution >= 0.6 is 0 Å². The summed E-state index contributed by atoms with van der Waals surface area (Å²) in [6.45, 7) is 5.32. The van der Waals surface area contributed by atoms with Crippen molar-refractivity contribution < 1.29 is 16.8 Å². The van der Waals surface area contributed by atoms with Gasteiger partial charge in [0.1, 0.15) is 4.90 Å². The van der Waals surface area contributed by atoms with Gasteiger partial charge in [-0.25, -0.2) is 21.6 Å². The van der Waals surface area contributed by atoms with Crippen molar-refractivity contribution in [3.8, 4) is 0 Å². The molecule has 1 aromatic rings. The van der Waals surface area contributed by atoms with E-state index in [4.69, 9.17) is 5.84 Å². The Bertz CT molecular complexity index is 725. The first kappa shape index (κ1) is 17.9. The molecule has 0 aliphatic carbocycles. The van der Waals surface area contributed by atoms with Crippen LogP contribution in [0.25, 0.3) is 0 Å². The van der Waals surface area contributed by atoms with E-state index in [1.807, 2.05) is 6.92 Å². The molecule has 9 heteroatoms. The van der Waals surface area contributed by atoms with Gasteiger partial charge in [-0.05, 0) is 38.5 Å². The zero-order valence-electron chi connectivity index (χ0n) is 12.5. The number of anilines is 1. The maximum Gasteiger partial charge on any atom is 0.243 e. The van der Waals surface area contributed by atoms with E-state index in [9.17, 15) is 16.8 Å². The van der Waals surface area contributed by atoms with E-state index < -0.39 is 25.4 Å². The van der Waals surface area contributed by atoms with E-state index in [1.165, 1.54) is 12.1 Å². The Hall–Kier alpha value is -1.16. The lowest BCUT2D eigenvalue weighted by molar-refractivity contribution is 0.439. The van der Waals surface area contributed by atoms with Crippen LogP contribution in [-0.2, 0) is 19.9 Å². The van der Waals surface area contributed by atoms with Crippen molar-refractivity contribution in [2.45, 2.75) is 42.5 Å². The number of benzene rings is 1. The average molecular weight is 335 g/mol. The van der Waals surface area contributed by atoms with E-state index in [1.54, 1.807) is 13.8 Å². The molecule has 0 aromatic heterocycles. The first-order valence-corrected chi connectivity index (χ1v) is 9.65. The van der Waals surface area contributed by atoms with Crippen LogP contribution in [0.3, 0.4) is 0 Å². The molecule has 4 N–H and O–H groups in total. The normalized spacial score (nSPS) is 13.2. The summed E-state index contributed by atoms with van der Waals surface area (Å²) in [6, 6.07) is 3.72. The molecule has 0 saturated heterocycles. The molecule has 1 rings (SSSR count). The highest BCUT2D eigenvalue weighted by Gasteiger charge is 2.27. The van der Waals surface area contributed by atoms with Crippen molar-refractivity contribution >= 4 is 25.5 Å². The maximum absolute atomic E-state index is 12.5. The molecule has 0 aliphatic heterocycles. The lowest BCUT2D eigenvalue weighted by Crippen LogP contribution is -2.43. The standard InChI is InChI=1S/C12H21N3O4S2/c1-5-12(2,3)15-21(18,19)11-8-9(20(4,16)17)6-7-10(11)14-13/h6-8,14-15H,5,13H2,1-4H3. The van der Waals surface area contributed by atoms with Gasteiger partial charge in [0.05, 0.1) is 10.6 Å². The van der Waals surface area contributed by atoms with Gasteiger partial charge >= 0.3 is 0 Å². The van der Waals surface area contributed by atoms with Crippen molar-refractivity contribution in [2.75, 3.05) is 11.7 Å². The minimum Gasteiger partial charge on any atom is -0.323 e. The quantitative estimate of drug-likeness (QED) is 0.524. The van der Waals surface area contributed by atoms with Gasteiger partial charge in [-0.2, -0.15) is 0 Å². The number of nitrogens with two attached hydrogens (primary N) is 1. The fraction of sp³-hybridized carbons (Fsp3) is 0.500. The van der Waals surface area contributed by atoms with E-state index >= 15 is 0 Å². The van der Waals surface area contributed by atoms with Crippen LogP contribution in [0.4, 0.5) is 5.69 Å². The molecule has 0 heterocycles. The molecule has 0 fully saturated rings. The predicted octanol–water partition coefficient (Wildman–Crippen LogP) is 0.843. The summed E-state index contributed by atoms with van der Waals surface area (Å²) in [5.41, 5.74) is 1.74. The molecular weight excluding hydrogens is 314 g/mol. The molecule has 0 bridgehead atoms. The van der Waals surface area contributed by atoms with Gasteiger partial charge < -0.3 is 5.43 Å². The number of rotatable bonds is 6. The molecule has 21 heavy (non-hydrogen) atoms. The number of sulfonamides is 1. The van der Waals surface area contributed by atoms with E-state index in [0.29, 0.717) is 6.42 Å². The van der Waals surface area contributed by atoms with E-state index in [2.05, 4.69) is 10.1 Å². The monoisotopic (exact) mass is 335 g/mol. The predicted molar refractivity (Wildman–Crippen MR) is 82.1 cm³/mol. The molecule has 7 nitrogen and oxygen atoms in total. The first-order chi connectivity index (χ1) is 9.43. The summed E-state index contributed by atoms with van der Waals surface area (Å²) < 4.78 is 50.6. The second kappa shape index (κ2) is 5.91. The van der Waals surface area contributed by atoms with Gasteiger partial charge in [-0.3, -0.25) is 5.84 Å². The van der Waals surface area contributed by atoms with Crippen LogP contribution < -0.4 is 16.0 Å². The third kappa shape index (κ3) is 4.40. The van der Waals surface area contributed by atoms with Crippen LogP contribution in [0.2, 0.25) is 0 Å². The number of nitrogen functional groups attached to an aromatic ring is 1. The van der Waals surface area contributed by atoms with Crippen LogP contribution in [-0.4, -0.2) is 28.6 Å². The molecule has 0 radical (unpaired) electrons. The van der Waals surface area contributed by atoms with Gasteiger partial charge in [0, 0.05) is 11.8 Å². The average Bonchev–Trinajstić information content (AvgIpc) is 2.35. The topological polar surface area (TPSA) is 118 Å². The van der Waals surface area contributed by atoms with Crippen LogP contribution in [0.5, 0.6) is 0 Å². The van der Waals surface area contributed by atoms with Crippen LogP contribution in [0.1, 0.15) is 27.2 Å². The largest absolute Gasteiger partial charge is 0.323 e. The Morgan fingerprint density at radius 1 is 1.19 bits per heavy atom. The van der Waals surface area contributed by atoms with Gasteiger partial charge in [0.2, 0.25) is 10.0 Å². The van der Waals surface area contributed by atoms with E-state index in [0.717, 1.165) is 12.3 Å². The maximum atomic E-state index is 12.5. The summed E-state index contributed by atoms with van der Waals surface area (Å²) >= 11 is 0. The summed E-state index contributed by atoms with van der Waals surface area (Å²) in [5, 5.41) is 0. The van der Waals surface area contributed by atoms with Crippen molar-refractivity contribution in [1.82, 2.24) is 4.72 Å². The Morgan fingerprint density at radius 3 is 2.19 bits per heavy atom. The van der Waals surface area contributed by atoms with Gasteiger partial charge in [0.25, 0.3) is 0 Å². The van der Waals surface area contributed by atoms with Gasteiger partial charge in [0.15, 0.2) is 9.84 Å². The minimum absolute atomic E-state index is 0.0869. The van der Waals surface area contributed by atoms with Crippen LogP contribution in [0.15, 0.2) is 28.0 Å². The first-order valence-electron chi connectivity index (χ1n) is 6.27. The second-order valence-corrected chi connectivity index (χ2v) is 9.08. The lowest BCUT2D eigenvalue weighted by atomic mass is 10.0. The highest BCUT2D eigenvalue weighted by atomic mass is 32.2. The van der Waals surface area contributed by atoms with Crippen molar-refractivity contribution in [3.05, 3.63) is 18.2 Å². The number of hydrogen-bond donors (Lipinski definition) is 3. The fourth-order valence-electron chi connectivity index (χ4n) is 1.57. The van der Waals surface area contributed by atoms with Crippen LogP contribution in [0, 0.1) is 0 Å². The minimum atomic E-state index is -3.91. The summed E-state index contributed by atoms with van der Waals surface area (Å²) in [5.74, 6) is 5.31. The molecule has 0 amide bonds. The number of hydrazine groups is 1. The third-order valence-corrected chi connectivity index (χ3v) is 5.97. The second-order valence-electron chi connectivity index (χ2n) is 5.42. The Morgan fingerprint density at radius 2 is 1.76 bits per heavy atom. The number of nitrogens with one attached hydrogen (secondary N) is 2. The highest BCUT2D eigenvalue weighted by Crippen LogP contribution is 2.26. The molecule has 0 spiro atoms. The van der Waals surface area contributed by atoms with Crippen molar-refractivity contribution in [3.63, 3.8) is 0 Å². The summed E-state index contributed by atoms with van der Waals surface area (Å²) in [6.07, 6.45) is 1.58. The van der Waals surface area contributed by atoms with Gasteiger partial charge in [-0.1, -0.05) is 6.92 Å². The Balaban J connectivity index is 3.46. The molecule has 0 aliphatic rings. The summed E-state index contributed by atoms with van der Waals surface area (Å²) in [4.78, 5) is -0.286. The fourth-order valence-corrected chi connectivity index (χ4v) is 3.97. The number of hydrogen-bond acceptors (Lipinski definition) is 6.